The summed E-state index contributed by atoms with van der Waals surface area (Å²) in [7, 11) is 0. The van der Waals surface area contributed by atoms with Gasteiger partial charge in [-0.25, -0.2) is 0 Å². The molecule has 2 N–H and O–H groups in total. The van der Waals surface area contributed by atoms with E-state index in [0.29, 0.717) is 38.3 Å². The van der Waals surface area contributed by atoms with Crippen LogP contribution in [0.25, 0.3) is 0 Å². The second kappa shape index (κ2) is 21.1. The molecule has 4 aliphatic rings. The molecule has 57 heavy (non-hydrogen) atoms. The fourth-order valence-corrected chi connectivity index (χ4v) is 10.5. The van der Waals surface area contributed by atoms with Crippen LogP contribution in [0.15, 0.2) is 76.8 Å². The van der Waals surface area contributed by atoms with Gasteiger partial charge in [-0.3, -0.25) is 4.79 Å². The second-order valence-electron chi connectivity index (χ2n) is 16.2. The molecule has 0 aromatic heterocycles. The molecule has 1 aliphatic heterocycles. The fourth-order valence-electron chi connectivity index (χ4n) is 10.1. The van der Waals surface area contributed by atoms with E-state index in [1.165, 1.54) is 30.6 Å². The number of aliphatic hydroxyl groups is 2. The zero-order valence-corrected chi connectivity index (χ0v) is 35.4. The summed E-state index contributed by atoms with van der Waals surface area (Å²) in [6.45, 7) is 9.68. The molecule has 0 unspecified atom stereocenters. The van der Waals surface area contributed by atoms with Crippen molar-refractivity contribution >= 4 is 23.4 Å². The topological polar surface area (TPSA) is 110 Å². The van der Waals surface area contributed by atoms with Crippen molar-refractivity contribution in [2.75, 3.05) is 39.2 Å². The normalized spacial score (nSPS) is 25.9. The molecule has 1 amide bonds. The Kier molecular flexibility index (Phi) is 16.0. The standard InChI is InChI=1S/C47H66N2O7S/c1-5-26-49(44(52)25-18-33-14-8-9-15-33)43-32-41(48-54-7-3)39-30-34(16-10-12-27-50)38(17-11-13-28-51)45-40-31-36(55-35-19-22-37(57-4)23-20-35)21-24-42(40)56-47(43,46(39)45)53-29-6-2/h6,19-24,30-31,33-34,38,43,45-46,50-51H,2,5,7-18,25-29,32H2,1,3-4H3/t34-,38+,43-,45+,46+,47+/m0/s1. The van der Waals surface area contributed by atoms with Crippen LogP contribution in [0.2, 0.25) is 0 Å². The average molecular weight is 803 g/mol. The van der Waals surface area contributed by atoms with Crippen molar-refractivity contribution in [1.82, 2.24) is 4.90 Å². The molecule has 6 rings (SSSR count). The summed E-state index contributed by atoms with van der Waals surface area (Å²) in [5.74, 6) is 1.62. The van der Waals surface area contributed by atoms with Crippen molar-refractivity contribution in [2.24, 2.45) is 28.8 Å². The summed E-state index contributed by atoms with van der Waals surface area (Å²) in [6.07, 6.45) is 18.7. The number of allylic oxidation sites excluding steroid dienone is 1. The van der Waals surface area contributed by atoms with E-state index in [1.54, 1.807) is 17.8 Å². The first kappa shape index (κ1) is 43.3. The number of amides is 1. The summed E-state index contributed by atoms with van der Waals surface area (Å²) in [5, 5.41) is 24.6. The van der Waals surface area contributed by atoms with E-state index in [1.807, 2.05) is 31.2 Å². The molecule has 2 aromatic rings. The van der Waals surface area contributed by atoms with Crippen molar-refractivity contribution < 1.29 is 34.1 Å². The smallest absolute Gasteiger partial charge is 0.239 e. The van der Waals surface area contributed by atoms with E-state index < -0.39 is 11.8 Å². The maximum atomic E-state index is 14.6. The number of hydrogen-bond acceptors (Lipinski definition) is 9. The van der Waals surface area contributed by atoms with Crippen molar-refractivity contribution in [3.63, 3.8) is 0 Å². The zero-order chi connectivity index (χ0) is 40.2. The number of thioether (sulfide) groups is 1. The predicted octanol–water partition coefficient (Wildman–Crippen LogP) is 10.1. The minimum atomic E-state index is -1.23. The molecule has 6 atom stereocenters. The Labute approximate surface area is 345 Å². The number of unbranched alkanes of at least 4 members (excludes halogenated alkanes) is 2. The summed E-state index contributed by atoms with van der Waals surface area (Å²) >= 11 is 1.70. The molecule has 0 bridgehead atoms. The van der Waals surface area contributed by atoms with Gasteiger partial charge in [0.25, 0.3) is 0 Å². The molecule has 9 nitrogen and oxygen atoms in total. The first-order valence-electron chi connectivity index (χ1n) is 21.7. The first-order valence-corrected chi connectivity index (χ1v) is 22.9. The lowest BCUT2D eigenvalue weighted by molar-refractivity contribution is -0.257. The van der Waals surface area contributed by atoms with Crippen LogP contribution in [0.4, 0.5) is 0 Å². The molecule has 312 valence electrons. The minimum absolute atomic E-state index is 0.0921. The van der Waals surface area contributed by atoms with E-state index >= 15 is 0 Å². The molecule has 2 aromatic carbocycles. The van der Waals surface area contributed by atoms with Crippen LogP contribution in [0.1, 0.15) is 115 Å². The molecule has 10 heteroatoms. The van der Waals surface area contributed by atoms with Gasteiger partial charge in [-0.1, -0.05) is 62.8 Å². The second-order valence-corrected chi connectivity index (χ2v) is 17.1. The number of carbonyl (C=O) groups is 1. The Bertz CT molecular complexity index is 1670. The van der Waals surface area contributed by atoms with E-state index in [-0.39, 0.29) is 49.4 Å². The van der Waals surface area contributed by atoms with Crippen LogP contribution < -0.4 is 9.47 Å². The van der Waals surface area contributed by atoms with Crippen LogP contribution >= 0.6 is 11.8 Å². The predicted molar refractivity (Wildman–Crippen MR) is 228 cm³/mol. The number of rotatable bonds is 22. The fraction of sp³-hybridized carbons (Fsp3) is 0.617. The Balaban J connectivity index is 1.53. The van der Waals surface area contributed by atoms with Gasteiger partial charge in [-0.2, -0.15) is 0 Å². The van der Waals surface area contributed by atoms with Crippen molar-refractivity contribution in [1.29, 1.82) is 0 Å². The number of nitrogens with zero attached hydrogens (tertiary/aromatic N) is 2. The molecule has 1 heterocycles. The molecular weight excluding hydrogens is 737 g/mol. The molecule has 3 aliphatic carbocycles. The highest BCUT2D eigenvalue weighted by Crippen LogP contribution is 2.62. The molecule has 2 saturated carbocycles. The third kappa shape index (κ3) is 9.94. The van der Waals surface area contributed by atoms with Gasteiger partial charge < -0.3 is 34.2 Å². The van der Waals surface area contributed by atoms with Gasteiger partial charge in [0.05, 0.1) is 18.2 Å². The number of oxime groups is 1. The van der Waals surface area contributed by atoms with Gasteiger partial charge in [0, 0.05) is 49.0 Å². The number of aliphatic hydroxyl groups excluding tert-OH is 2. The lowest BCUT2D eigenvalue weighted by atomic mass is 9.55. The summed E-state index contributed by atoms with van der Waals surface area (Å²) in [6, 6.07) is 13.8. The highest BCUT2D eigenvalue weighted by molar-refractivity contribution is 7.98. The average Bonchev–Trinajstić information content (AvgIpc) is 3.76. The van der Waals surface area contributed by atoms with Crippen molar-refractivity contribution in [3.8, 4) is 17.2 Å². The zero-order valence-electron chi connectivity index (χ0n) is 34.5. The SMILES string of the molecule is C=CCO[C@@]12Oc3ccc(Oc4ccc(SC)cc4)cc3[C@H]3[C@H](CCCCO)[C@@H](CCCCO)C=C(C(=NOCC)C[C@@H]1N(CCC)C(=O)CCC1CCCC1)[C@H]32. The minimum Gasteiger partial charge on any atom is -0.459 e. The van der Waals surface area contributed by atoms with Crippen LogP contribution in [0.5, 0.6) is 17.2 Å². The molecule has 2 fully saturated rings. The Morgan fingerprint density at radius 1 is 1.02 bits per heavy atom. The van der Waals surface area contributed by atoms with Gasteiger partial charge in [-0.15, -0.1) is 18.3 Å². The Morgan fingerprint density at radius 2 is 1.75 bits per heavy atom. The van der Waals surface area contributed by atoms with Crippen LogP contribution in [0, 0.1) is 23.7 Å². The summed E-state index contributed by atoms with van der Waals surface area (Å²) < 4.78 is 21.0. The van der Waals surface area contributed by atoms with Gasteiger partial charge in [-0.05, 0) is 117 Å². The maximum absolute atomic E-state index is 14.6. The number of carbonyl (C=O) groups excluding carboxylic acids is 1. The van der Waals surface area contributed by atoms with E-state index in [4.69, 9.17) is 24.2 Å². The molecular formula is C47H66N2O7S. The number of hydrogen-bond donors (Lipinski definition) is 2. The summed E-state index contributed by atoms with van der Waals surface area (Å²) in [5.41, 5.74) is 2.95. The largest absolute Gasteiger partial charge is 0.459 e. The van der Waals surface area contributed by atoms with Gasteiger partial charge in [0.2, 0.25) is 11.7 Å². The highest BCUT2D eigenvalue weighted by Gasteiger charge is 2.65. The third-order valence-electron chi connectivity index (χ3n) is 12.6. The molecule has 0 radical (unpaired) electrons. The molecule has 0 spiro atoms. The maximum Gasteiger partial charge on any atom is 0.239 e. The Morgan fingerprint density at radius 3 is 2.44 bits per heavy atom. The first-order chi connectivity index (χ1) is 27.9. The van der Waals surface area contributed by atoms with E-state index in [0.717, 1.165) is 79.0 Å². The van der Waals surface area contributed by atoms with Crippen LogP contribution in [-0.4, -0.2) is 77.8 Å². The number of fused-ring (bicyclic) bond motifs is 2. The van der Waals surface area contributed by atoms with Gasteiger partial charge in [0.15, 0.2) is 0 Å². The lowest BCUT2D eigenvalue weighted by Gasteiger charge is -2.60. The van der Waals surface area contributed by atoms with E-state index in [2.05, 4.69) is 48.9 Å². The van der Waals surface area contributed by atoms with Crippen molar-refractivity contribution in [2.45, 2.75) is 126 Å². The highest BCUT2D eigenvalue weighted by atomic mass is 32.2. The Hall–Kier alpha value is -3.31. The monoisotopic (exact) mass is 802 g/mol. The van der Waals surface area contributed by atoms with Gasteiger partial charge >= 0.3 is 0 Å². The number of benzene rings is 2. The quantitative estimate of drug-likeness (QED) is 0.0524. The number of ether oxygens (including phenoxy) is 3. The molecule has 0 saturated heterocycles. The lowest BCUT2D eigenvalue weighted by Crippen LogP contribution is -2.70. The van der Waals surface area contributed by atoms with Crippen LogP contribution in [0.3, 0.4) is 0 Å². The van der Waals surface area contributed by atoms with E-state index in [9.17, 15) is 15.0 Å². The van der Waals surface area contributed by atoms with Gasteiger partial charge in [0.1, 0.15) is 29.9 Å². The van der Waals surface area contributed by atoms with Crippen LogP contribution in [-0.2, 0) is 14.4 Å². The third-order valence-corrected chi connectivity index (χ3v) is 13.4. The van der Waals surface area contributed by atoms with Crippen molar-refractivity contribution in [3.05, 3.63) is 72.3 Å². The summed E-state index contributed by atoms with van der Waals surface area (Å²) in [4.78, 5) is 23.8.